The van der Waals surface area contributed by atoms with E-state index in [0.29, 0.717) is 42.4 Å². The Morgan fingerprint density at radius 3 is 2.43 bits per heavy atom. The van der Waals surface area contributed by atoms with Crippen molar-refractivity contribution in [1.82, 2.24) is 10.6 Å². The van der Waals surface area contributed by atoms with Crippen LogP contribution in [0, 0.1) is 0 Å². The zero-order valence-corrected chi connectivity index (χ0v) is 20.6. The van der Waals surface area contributed by atoms with Crippen LogP contribution >= 0.6 is 12.2 Å². The van der Waals surface area contributed by atoms with Crippen molar-refractivity contribution in [1.29, 1.82) is 0 Å². The summed E-state index contributed by atoms with van der Waals surface area (Å²) in [5.74, 6) is -0.170. The van der Waals surface area contributed by atoms with Crippen molar-refractivity contribution in [3.8, 4) is 5.75 Å². The van der Waals surface area contributed by atoms with E-state index in [1.807, 2.05) is 44.2 Å². The molecule has 0 fully saturated rings. The second-order valence-corrected chi connectivity index (χ2v) is 8.04. The number of rotatable bonds is 10. The maximum atomic E-state index is 12.8. The van der Waals surface area contributed by atoms with Gasteiger partial charge in [0, 0.05) is 17.9 Å². The van der Waals surface area contributed by atoms with Gasteiger partial charge < -0.3 is 20.1 Å². The topological polar surface area (TPSA) is 88.7 Å². The maximum Gasteiger partial charge on any atom is 0.261 e. The van der Waals surface area contributed by atoms with Crippen molar-refractivity contribution in [2.75, 3.05) is 25.1 Å². The minimum absolute atomic E-state index is 0.106. The lowest BCUT2D eigenvalue weighted by Crippen LogP contribution is -2.34. The highest BCUT2D eigenvalue weighted by atomic mass is 32.1. The van der Waals surface area contributed by atoms with Crippen LogP contribution in [0.25, 0.3) is 0 Å². The highest BCUT2D eigenvalue weighted by Crippen LogP contribution is 2.18. The first-order valence-electron chi connectivity index (χ1n) is 11.4. The molecule has 1 unspecified atom stereocenters. The van der Waals surface area contributed by atoms with Gasteiger partial charge in [-0.05, 0) is 62.0 Å². The number of benzene rings is 3. The molecule has 3 aromatic rings. The second-order valence-electron chi connectivity index (χ2n) is 7.64. The monoisotopic (exact) mass is 491 g/mol. The first-order chi connectivity index (χ1) is 17.0. The predicted octanol–water partition coefficient (Wildman–Crippen LogP) is 4.72. The molecule has 0 bridgehead atoms. The quantitative estimate of drug-likeness (QED) is 0.281. The fourth-order valence-electron chi connectivity index (χ4n) is 3.31. The van der Waals surface area contributed by atoms with Crippen molar-refractivity contribution in [2.45, 2.75) is 19.9 Å². The molecule has 0 aliphatic carbocycles. The van der Waals surface area contributed by atoms with Gasteiger partial charge in [0.15, 0.2) is 5.11 Å². The van der Waals surface area contributed by atoms with Crippen LogP contribution < -0.4 is 20.7 Å². The maximum absolute atomic E-state index is 12.8. The molecule has 8 heteroatoms. The standard InChI is InChI=1S/C27H29N3O4S/c1-3-33-16-17-34-24-15-8-7-14-23(24)26(32)30-27(35)29-22-13-9-12-21(18-22)25(31)28-19(2)20-10-5-4-6-11-20/h4-15,18-19H,3,16-17H2,1-2H3,(H,28,31)(H2,29,30,32,35). The second kappa shape index (κ2) is 13.2. The van der Waals surface area contributed by atoms with E-state index in [-0.39, 0.29) is 17.1 Å². The number of nitrogens with one attached hydrogen (secondary N) is 3. The summed E-state index contributed by atoms with van der Waals surface area (Å²) in [5.41, 5.74) is 2.42. The van der Waals surface area contributed by atoms with E-state index >= 15 is 0 Å². The third-order valence-electron chi connectivity index (χ3n) is 5.08. The summed E-state index contributed by atoms with van der Waals surface area (Å²) in [7, 11) is 0. The molecule has 3 aromatic carbocycles. The number of para-hydroxylation sites is 1. The van der Waals surface area contributed by atoms with Crippen molar-refractivity contribution < 1.29 is 19.1 Å². The van der Waals surface area contributed by atoms with Crippen LogP contribution in [0.4, 0.5) is 5.69 Å². The van der Waals surface area contributed by atoms with Gasteiger partial charge in [0.2, 0.25) is 0 Å². The molecular weight excluding hydrogens is 462 g/mol. The number of hydrogen-bond donors (Lipinski definition) is 3. The average molecular weight is 492 g/mol. The molecule has 3 rings (SSSR count). The Morgan fingerprint density at radius 1 is 0.914 bits per heavy atom. The van der Waals surface area contributed by atoms with Gasteiger partial charge in [0.05, 0.1) is 18.2 Å². The van der Waals surface area contributed by atoms with E-state index in [1.165, 1.54) is 0 Å². The Labute approximate surface area is 210 Å². The molecule has 0 aromatic heterocycles. The van der Waals surface area contributed by atoms with Crippen LogP contribution in [0.3, 0.4) is 0 Å². The zero-order chi connectivity index (χ0) is 25.0. The molecule has 3 N–H and O–H groups in total. The number of ether oxygens (including phenoxy) is 2. The molecule has 0 heterocycles. The fourth-order valence-corrected chi connectivity index (χ4v) is 3.52. The van der Waals surface area contributed by atoms with Crippen LogP contribution in [0.2, 0.25) is 0 Å². The van der Waals surface area contributed by atoms with Gasteiger partial charge in [-0.2, -0.15) is 0 Å². The number of carbonyl (C=O) groups excluding carboxylic acids is 2. The lowest BCUT2D eigenvalue weighted by molar-refractivity contribution is 0.0937. The van der Waals surface area contributed by atoms with Crippen LogP contribution in [0.1, 0.15) is 46.2 Å². The highest BCUT2D eigenvalue weighted by Gasteiger charge is 2.15. The smallest absolute Gasteiger partial charge is 0.261 e. The summed E-state index contributed by atoms with van der Waals surface area (Å²) in [5, 5.41) is 8.71. The number of anilines is 1. The van der Waals surface area contributed by atoms with Gasteiger partial charge in [-0.3, -0.25) is 14.9 Å². The minimum Gasteiger partial charge on any atom is -0.490 e. The number of thiocarbonyl (C=S) groups is 1. The Kier molecular flexibility index (Phi) is 9.77. The first-order valence-corrected chi connectivity index (χ1v) is 11.8. The molecule has 7 nitrogen and oxygen atoms in total. The normalized spacial score (nSPS) is 11.3. The SMILES string of the molecule is CCOCCOc1ccccc1C(=O)NC(=S)Nc1cccc(C(=O)NC(C)c2ccccc2)c1. The van der Waals surface area contributed by atoms with E-state index in [0.717, 1.165) is 5.56 Å². The molecule has 182 valence electrons. The number of amides is 2. The number of hydrogen-bond acceptors (Lipinski definition) is 5. The first kappa shape index (κ1) is 25.9. The lowest BCUT2D eigenvalue weighted by Gasteiger charge is -2.15. The van der Waals surface area contributed by atoms with Crippen LogP contribution in [0.15, 0.2) is 78.9 Å². The van der Waals surface area contributed by atoms with E-state index in [4.69, 9.17) is 21.7 Å². The zero-order valence-electron chi connectivity index (χ0n) is 19.7. The van der Waals surface area contributed by atoms with E-state index in [1.54, 1.807) is 48.5 Å². The largest absolute Gasteiger partial charge is 0.490 e. The van der Waals surface area contributed by atoms with E-state index in [2.05, 4.69) is 16.0 Å². The summed E-state index contributed by atoms with van der Waals surface area (Å²) in [6.07, 6.45) is 0. The molecule has 35 heavy (non-hydrogen) atoms. The van der Waals surface area contributed by atoms with Crippen molar-refractivity contribution >= 4 is 34.8 Å². The summed E-state index contributed by atoms with van der Waals surface area (Å²) in [4.78, 5) is 25.5. The Hall–Kier alpha value is -3.75. The molecular formula is C27H29N3O4S. The molecule has 0 aliphatic rings. The summed E-state index contributed by atoms with van der Waals surface area (Å²) in [6, 6.07) is 23.4. The molecule has 0 radical (unpaired) electrons. The van der Waals surface area contributed by atoms with Gasteiger partial charge >= 0.3 is 0 Å². The van der Waals surface area contributed by atoms with Gasteiger partial charge in [-0.25, -0.2) is 0 Å². The Morgan fingerprint density at radius 2 is 1.66 bits per heavy atom. The third kappa shape index (κ3) is 7.91. The predicted molar refractivity (Wildman–Crippen MR) is 141 cm³/mol. The highest BCUT2D eigenvalue weighted by molar-refractivity contribution is 7.80. The summed E-state index contributed by atoms with van der Waals surface area (Å²) in [6.45, 7) is 5.19. The van der Waals surface area contributed by atoms with Crippen molar-refractivity contribution in [2.24, 2.45) is 0 Å². The van der Waals surface area contributed by atoms with Crippen LogP contribution in [0.5, 0.6) is 5.75 Å². The van der Waals surface area contributed by atoms with Gasteiger partial charge in [0.25, 0.3) is 11.8 Å². The third-order valence-corrected chi connectivity index (χ3v) is 5.28. The molecule has 0 saturated heterocycles. The van der Waals surface area contributed by atoms with Gasteiger partial charge in [-0.15, -0.1) is 0 Å². The van der Waals surface area contributed by atoms with Crippen LogP contribution in [-0.2, 0) is 4.74 Å². The van der Waals surface area contributed by atoms with Crippen molar-refractivity contribution in [3.63, 3.8) is 0 Å². The number of carbonyl (C=O) groups is 2. The van der Waals surface area contributed by atoms with E-state index in [9.17, 15) is 9.59 Å². The average Bonchev–Trinajstić information content (AvgIpc) is 2.87. The summed E-state index contributed by atoms with van der Waals surface area (Å²) >= 11 is 5.32. The van der Waals surface area contributed by atoms with Gasteiger partial charge in [-0.1, -0.05) is 48.5 Å². The van der Waals surface area contributed by atoms with Crippen LogP contribution in [-0.4, -0.2) is 36.7 Å². The molecule has 0 spiro atoms. The Bertz CT molecular complexity index is 1150. The lowest BCUT2D eigenvalue weighted by atomic mass is 10.1. The van der Waals surface area contributed by atoms with E-state index < -0.39 is 5.91 Å². The Balaban J connectivity index is 1.58. The molecule has 0 aliphatic heterocycles. The molecule has 2 amide bonds. The molecule has 0 saturated carbocycles. The molecule has 1 atom stereocenters. The van der Waals surface area contributed by atoms with Gasteiger partial charge in [0.1, 0.15) is 12.4 Å². The fraction of sp³-hybridized carbons (Fsp3) is 0.222. The van der Waals surface area contributed by atoms with Crippen molar-refractivity contribution in [3.05, 3.63) is 95.6 Å². The summed E-state index contributed by atoms with van der Waals surface area (Å²) < 4.78 is 10.9. The minimum atomic E-state index is -0.403.